The fourth-order valence-corrected chi connectivity index (χ4v) is 1.89. The van der Waals surface area contributed by atoms with Crippen molar-refractivity contribution in [2.45, 2.75) is 0 Å². The number of halogens is 1. The molecule has 0 radical (unpaired) electrons. The number of nitrogens with zero attached hydrogens (tertiary/aromatic N) is 2. The molecule has 0 aliphatic heterocycles. The minimum Gasteiger partial charge on any atom is -0.508 e. The highest BCUT2D eigenvalue weighted by atomic mass is 79.9. The second kappa shape index (κ2) is 3.58. The van der Waals surface area contributed by atoms with Gasteiger partial charge in [-0.3, -0.25) is 4.68 Å². The van der Waals surface area contributed by atoms with Crippen molar-refractivity contribution in [1.82, 2.24) is 9.78 Å². The maximum Gasteiger partial charge on any atom is 0.121 e. The minimum absolute atomic E-state index is 0.217. The number of aromatic nitrogens is 2. The predicted molar refractivity (Wildman–Crippen MR) is 62.4 cm³/mol. The third-order valence-electron chi connectivity index (χ3n) is 2.14. The van der Waals surface area contributed by atoms with Crippen LogP contribution < -0.4 is 5.73 Å². The highest BCUT2D eigenvalue weighted by Crippen LogP contribution is 2.30. The highest BCUT2D eigenvalue weighted by Gasteiger charge is 2.08. The summed E-state index contributed by atoms with van der Waals surface area (Å²) in [6.45, 7) is 0. The average molecular weight is 268 g/mol. The zero-order chi connectivity index (χ0) is 11.0. The van der Waals surface area contributed by atoms with E-state index in [2.05, 4.69) is 21.0 Å². The summed E-state index contributed by atoms with van der Waals surface area (Å²) in [5.74, 6) is 0.819. The molecular formula is C10H10BrN3O. The van der Waals surface area contributed by atoms with Crippen molar-refractivity contribution in [3.8, 4) is 17.0 Å². The van der Waals surface area contributed by atoms with Gasteiger partial charge in [-0.2, -0.15) is 5.10 Å². The Morgan fingerprint density at radius 2 is 2.13 bits per heavy atom. The molecule has 78 valence electrons. The molecule has 2 rings (SSSR count). The van der Waals surface area contributed by atoms with E-state index >= 15 is 0 Å². The normalized spacial score (nSPS) is 10.5. The van der Waals surface area contributed by atoms with Crippen molar-refractivity contribution in [3.05, 3.63) is 28.7 Å². The van der Waals surface area contributed by atoms with Crippen molar-refractivity contribution < 1.29 is 5.11 Å². The summed E-state index contributed by atoms with van der Waals surface area (Å²) in [5, 5.41) is 13.5. The van der Waals surface area contributed by atoms with Crippen LogP contribution in [0.15, 0.2) is 28.7 Å². The van der Waals surface area contributed by atoms with Crippen molar-refractivity contribution in [2.24, 2.45) is 7.05 Å². The van der Waals surface area contributed by atoms with Crippen LogP contribution in [0.2, 0.25) is 0 Å². The van der Waals surface area contributed by atoms with Crippen LogP contribution in [0.25, 0.3) is 11.3 Å². The number of hydrogen-bond acceptors (Lipinski definition) is 3. The first-order valence-corrected chi connectivity index (χ1v) is 5.15. The smallest absolute Gasteiger partial charge is 0.121 e. The fourth-order valence-electron chi connectivity index (χ4n) is 1.33. The second-order valence-corrected chi connectivity index (χ2v) is 4.10. The third-order valence-corrected chi connectivity index (χ3v) is 2.80. The molecule has 0 atom stereocenters. The van der Waals surface area contributed by atoms with E-state index < -0.39 is 0 Å². The van der Waals surface area contributed by atoms with Gasteiger partial charge in [0.15, 0.2) is 0 Å². The van der Waals surface area contributed by atoms with Gasteiger partial charge in [0.05, 0.1) is 5.69 Å². The lowest BCUT2D eigenvalue weighted by atomic mass is 10.1. The molecule has 1 aromatic carbocycles. The molecule has 0 amide bonds. The lowest BCUT2D eigenvalue weighted by Gasteiger charge is -2.00. The molecule has 1 heterocycles. The number of hydrogen-bond donors (Lipinski definition) is 2. The molecule has 0 spiro atoms. The number of anilines is 1. The summed E-state index contributed by atoms with van der Waals surface area (Å²) in [5.41, 5.74) is 7.38. The number of nitrogens with two attached hydrogens (primary N) is 1. The van der Waals surface area contributed by atoms with E-state index in [9.17, 15) is 5.11 Å². The first-order valence-electron chi connectivity index (χ1n) is 4.36. The summed E-state index contributed by atoms with van der Waals surface area (Å²) in [4.78, 5) is 0. The Balaban J connectivity index is 2.54. The number of phenolic OH excluding ortho intramolecular Hbond substituents is 1. The number of benzene rings is 1. The molecule has 4 nitrogen and oxygen atoms in total. The Kier molecular flexibility index (Phi) is 2.40. The zero-order valence-corrected chi connectivity index (χ0v) is 9.69. The maximum atomic E-state index is 9.26. The van der Waals surface area contributed by atoms with Crippen molar-refractivity contribution in [1.29, 1.82) is 0 Å². The van der Waals surface area contributed by atoms with Crippen LogP contribution in [0.5, 0.6) is 5.75 Å². The van der Waals surface area contributed by atoms with Crippen LogP contribution >= 0.6 is 15.9 Å². The minimum atomic E-state index is 0.217. The van der Waals surface area contributed by atoms with E-state index in [1.54, 1.807) is 36.0 Å². The van der Waals surface area contributed by atoms with E-state index in [1.165, 1.54) is 0 Å². The summed E-state index contributed by atoms with van der Waals surface area (Å²) >= 11 is 3.37. The van der Waals surface area contributed by atoms with E-state index in [-0.39, 0.29) is 5.75 Å². The van der Waals surface area contributed by atoms with Gasteiger partial charge in [-0.1, -0.05) is 0 Å². The maximum absolute atomic E-state index is 9.26. The van der Waals surface area contributed by atoms with Crippen molar-refractivity contribution in [2.75, 3.05) is 5.73 Å². The summed E-state index contributed by atoms with van der Waals surface area (Å²) in [6, 6.07) is 6.82. The van der Waals surface area contributed by atoms with E-state index in [0.717, 1.165) is 15.7 Å². The molecule has 15 heavy (non-hydrogen) atoms. The molecule has 0 saturated heterocycles. The molecule has 1 aromatic heterocycles. The number of rotatable bonds is 1. The Morgan fingerprint density at radius 1 is 1.40 bits per heavy atom. The van der Waals surface area contributed by atoms with Gasteiger partial charge >= 0.3 is 0 Å². The van der Waals surface area contributed by atoms with E-state index in [0.29, 0.717) is 5.82 Å². The van der Waals surface area contributed by atoms with Crippen LogP contribution in [-0.2, 0) is 7.05 Å². The molecule has 0 fully saturated rings. The van der Waals surface area contributed by atoms with Gasteiger partial charge in [0, 0.05) is 23.2 Å². The molecule has 5 heteroatoms. The van der Waals surface area contributed by atoms with Gasteiger partial charge in [0.25, 0.3) is 0 Å². The van der Waals surface area contributed by atoms with E-state index in [1.807, 2.05) is 0 Å². The van der Waals surface area contributed by atoms with Crippen LogP contribution in [0.4, 0.5) is 5.82 Å². The average Bonchev–Trinajstić information content (AvgIpc) is 2.46. The summed E-state index contributed by atoms with van der Waals surface area (Å²) in [7, 11) is 1.78. The van der Waals surface area contributed by atoms with Gasteiger partial charge in [-0.25, -0.2) is 0 Å². The van der Waals surface area contributed by atoms with E-state index in [4.69, 9.17) is 5.73 Å². The number of aromatic hydroxyl groups is 1. The Labute approximate surface area is 95.5 Å². The standard InChI is InChI=1S/C10H10BrN3O/c1-14-10(12)5-9(13-14)7-3-2-6(15)4-8(7)11/h2-5,15H,12H2,1H3. The largest absolute Gasteiger partial charge is 0.508 e. The van der Waals surface area contributed by atoms with Gasteiger partial charge in [-0.15, -0.1) is 0 Å². The van der Waals surface area contributed by atoms with Crippen LogP contribution in [0.1, 0.15) is 0 Å². The molecule has 0 aliphatic rings. The number of aryl methyl sites for hydroxylation is 1. The molecule has 0 aliphatic carbocycles. The first-order chi connectivity index (χ1) is 7.08. The Bertz CT molecular complexity index is 488. The van der Waals surface area contributed by atoms with Gasteiger partial charge in [-0.05, 0) is 34.1 Å². The quantitative estimate of drug-likeness (QED) is 0.832. The van der Waals surface area contributed by atoms with Crippen molar-refractivity contribution >= 4 is 21.7 Å². The Morgan fingerprint density at radius 3 is 2.67 bits per heavy atom. The zero-order valence-electron chi connectivity index (χ0n) is 8.11. The van der Waals surface area contributed by atoms with Crippen molar-refractivity contribution in [3.63, 3.8) is 0 Å². The lowest BCUT2D eigenvalue weighted by Crippen LogP contribution is -1.96. The topological polar surface area (TPSA) is 64.1 Å². The monoisotopic (exact) mass is 267 g/mol. The second-order valence-electron chi connectivity index (χ2n) is 3.24. The third kappa shape index (κ3) is 1.83. The molecule has 3 N–H and O–H groups in total. The molecular weight excluding hydrogens is 258 g/mol. The van der Waals surface area contributed by atoms with Crippen LogP contribution in [0.3, 0.4) is 0 Å². The molecule has 0 unspecified atom stereocenters. The van der Waals surface area contributed by atoms with Gasteiger partial charge in [0.1, 0.15) is 11.6 Å². The summed E-state index contributed by atoms with van der Waals surface area (Å²) < 4.78 is 2.40. The SMILES string of the molecule is Cn1nc(-c2ccc(O)cc2Br)cc1N. The first kappa shape index (κ1) is 10.0. The fraction of sp³-hybridized carbons (Fsp3) is 0.100. The number of phenols is 1. The molecule has 0 saturated carbocycles. The van der Waals surface area contributed by atoms with Crippen LogP contribution in [0, 0.1) is 0 Å². The Hall–Kier alpha value is -1.49. The molecule has 0 bridgehead atoms. The highest BCUT2D eigenvalue weighted by molar-refractivity contribution is 9.10. The van der Waals surface area contributed by atoms with Gasteiger partial charge < -0.3 is 10.8 Å². The summed E-state index contributed by atoms with van der Waals surface area (Å²) in [6.07, 6.45) is 0. The van der Waals surface area contributed by atoms with Gasteiger partial charge in [0.2, 0.25) is 0 Å². The number of nitrogen functional groups attached to an aromatic ring is 1. The predicted octanol–water partition coefficient (Wildman–Crippen LogP) is 2.14. The lowest BCUT2D eigenvalue weighted by molar-refractivity contribution is 0.475. The molecule has 2 aromatic rings. The van der Waals surface area contributed by atoms with Crippen LogP contribution in [-0.4, -0.2) is 14.9 Å².